The van der Waals surface area contributed by atoms with Gasteiger partial charge in [0, 0.05) is 31.2 Å². The van der Waals surface area contributed by atoms with Crippen LogP contribution in [0.1, 0.15) is 70.4 Å². The van der Waals surface area contributed by atoms with Gasteiger partial charge in [-0.1, -0.05) is 37.6 Å². The fourth-order valence-corrected chi connectivity index (χ4v) is 6.76. The molecule has 3 amide bonds. The maximum Gasteiger partial charge on any atom is 0.406 e. The first-order chi connectivity index (χ1) is 21.0. The average Bonchev–Trinajstić information content (AvgIpc) is 3.44. The number of benzene rings is 3. The molecule has 0 spiro atoms. The van der Waals surface area contributed by atoms with Crippen molar-refractivity contribution in [1.29, 1.82) is 0 Å². The Morgan fingerprint density at radius 3 is 2.16 bits per heavy atom. The lowest BCUT2D eigenvalue weighted by atomic mass is 9.92. The fourth-order valence-electron chi connectivity index (χ4n) is 6.76. The van der Waals surface area contributed by atoms with E-state index in [1.54, 1.807) is 36.1 Å². The van der Waals surface area contributed by atoms with Crippen molar-refractivity contribution in [2.45, 2.75) is 50.7 Å². The Labute approximate surface area is 251 Å². The molecule has 11 heteroatoms. The maximum atomic E-state index is 15.8. The van der Waals surface area contributed by atoms with Crippen LogP contribution in [0.4, 0.5) is 27.6 Å². The molecule has 1 atom stereocenters. The topological polar surface area (TPSA) is 60.9 Å². The smallest absolute Gasteiger partial charge is 0.369 e. The second kappa shape index (κ2) is 11.3. The summed E-state index contributed by atoms with van der Waals surface area (Å²) in [6, 6.07) is 12.7. The first-order valence-corrected chi connectivity index (χ1v) is 14.7. The molecular weight excluding hydrogens is 581 g/mol. The molecule has 2 aliphatic heterocycles. The van der Waals surface area contributed by atoms with Crippen molar-refractivity contribution >= 4 is 23.4 Å². The van der Waals surface area contributed by atoms with Crippen LogP contribution >= 0.6 is 0 Å². The number of imide groups is 1. The summed E-state index contributed by atoms with van der Waals surface area (Å²) in [5.41, 5.74) is 2.07. The van der Waals surface area contributed by atoms with Gasteiger partial charge in [0.05, 0.1) is 22.7 Å². The highest BCUT2D eigenvalue weighted by Gasteiger charge is 2.45. The van der Waals surface area contributed by atoms with E-state index in [0.29, 0.717) is 47.9 Å². The molecule has 3 aliphatic rings. The van der Waals surface area contributed by atoms with Crippen molar-refractivity contribution in [3.63, 3.8) is 0 Å². The summed E-state index contributed by atoms with van der Waals surface area (Å²) >= 11 is 0. The molecule has 3 aromatic carbocycles. The molecule has 2 heterocycles. The Bertz CT molecular complexity index is 1610. The lowest BCUT2D eigenvalue weighted by Crippen LogP contribution is -2.48. The van der Waals surface area contributed by atoms with E-state index in [1.807, 2.05) is 0 Å². The zero-order valence-corrected chi connectivity index (χ0v) is 24.0. The Hall–Kier alpha value is -4.28. The fraction of sp³-hybridized carbons (Fsp3) is 0.364. The molecule has 6 rings (SSSR count). The SMILES string of the molecule is CCCCN(CC(F)(F)F)C(=O)C1c2cc(F)ccc2-c2ccc(F)c(N3CCC(N4C(=O)c5ccccc5C4=O)CC3)c21. The van der Waals surface area contributed by atoms with Crippen molar-refractivity contribution < 1.29 is 36.3 Å². The minimum absolute atomic E-state index is 0.0701. The first-order valence-electron chi connectivity index (χ1n) is 14.7. The number of hydrogen-bond acceptors (Lipinski definition) is 4. The highest BCUT2D eigenvalue weighted by atomic mass is 19.4. The molecule has 0 aromatic heterocycles. The van der Waals surface area contributed by atoms with E-state index in [9.17, 15) is 31.9 Å². The number of alkyl halides is 3. The van der Waals surface area contributed by atoms with Gasteiger partial charge in [-0.3, -0.25) is 19.3 Å². The third-order valence-electron chi connectivity index (χ3n) is 8.75. The van der Waals surface area contributed by atoms with Crippen LogP contribution in [0.25, 0.3) is 11.1 Å². The number of carbonyl (C=O) groups is 3. The number of amides is 3. The number of halogens is 5. The molecule has 0 N–H and O–H groups in total. The standard InChI is InChI=1S/C33H30F5N3O3/c1-2-3-14-40(18-33(36,37)38)32(44)28-25-17-19(34)8-9-21(25)22-10-11-26(35)29(27(22)28)39-15-12-20(13-16-39)41-30(42)23-6-4-5-7-24(23)31(41)43/h4-11,17,20,28H,2-3,12-16,18H2,1H3. The van der Waals surface area contributed by atoms with Crippen molar-refractivity contribution in [3.8, 4) is 11.1 Å². The Balaban J connectivity index is 1.35. The van der Waals surface area contributed by atoms with Gasteiger partial charge in [-0.2, -0.15) is 13.2 Å². The third-order valence-corrected chi connectivity index (χ3v) is 8.75. The summed E-state index contributed by atoms with van der Waals surface area (Å²) in [6.45, 7) is 0.615. The lowest BCUT2D eigenvalue weighted by molar-refractivity contribution is -0.161. The summed E-state index contributed by atoms with van der Waals surface area (Å²) in [7, 11) is 0. The normalized spacial score (nSPS) is 18.0. The predicted octanol–water partition coefficient (Wildman–Crippen LogP) is 6.53. The van der Waals surface area contributed by atoms with Gasteiger partial charge < -0.3 is 9.80 Å². The van der Waals surface area contributed by atoms with Crippen molar-refractivity contribution in [1.82, 2.24) is 9.80 Å². The second-order valence-electron chi connectivity index (χ2n) is 11.5. The number of unbranched alkanes of at least 4 members (excludes halogenated alkanes) is 1. The molecule has 44 heavy (non-hydrogen) atoms. The van der Waals surface area contributed by atoms with Crippen LogP contribution in [0.5, 0.6) is 0 Å². The van der Waals surface area contributed by atoms with Gasteiger partial charge in [-0.05, 0) is 66.3 Å². The van der Waals surface area contributed by atoms with E-state index >= 15 is 4.39 Å². The molecule has 1 saturated heterocycles. The zero-order valence-electron chi connectivity index (χ0n) is 24.0. The number of anilines is 1. The van der Waals surface area contributed by atoms with Gasteiger partial charge in [-0.25, -0.2) is 8.78 Å². The lowest BCUT2D eigenvalue weighted by Gasteiger charge is -2.38. The van der Waals surface area contributed by atoms with Crippen LogP contribution in [0.3, 0.4) is 0 Å². The number of nitrogens with zero attached hydrogens (tertiary/aromatic N) is 3. The van der Waals surface area contributed by atoms with E-state index in [1.165, 1.54) is 29.2 Å². The minimum atomic E-state index is -4.66. The van der Waals surface area contributed by atoms with Gasteiger partial charge >= 0.3 is 6.18 Å². The Morgan fingerprint density at radius 2 is 1.55 bits per heavy atom. The van der Waals surface area contributed by atoms with Crippen LogP contribution in [-0.4, -0.2) is 65.9 Å². The van der Waals surface area contributed by atoms with E-state index in [0.717, 1.165) is 11.0 Å². The van der Waals surface area contributed by atoms with Crippen LogP contribution in [-0.2, 0) is 4.79 Å². The van der Waals surface area contributed by atoms with E-state index in [2.05, 4.69) is 0 Å². The summed E-state index contributed by atoms with van der Waals surface area (Å²) in [5, 5.41) is 0. The van der Waals surface area contributed by atoms with Crippen LogP contribution in [0.15, 0.2) is 54.6 Å². The first kappa shape index (κ1) is 29.8. The molecule has 230 valence electrons. The van der Waals surface area contributed by atoms with Crippen molar-refractivity contribution in [2.75, 3.05) is 31.1 Å². The summed E-state index contributed by atoms with van der Waals surface area (Å²) in [5.74, 6) is -4.28. The van der Waals surface area contributed by atoms with E-state index < -0.39 is 42.2 Å². The Kier molecular flexibility index (Phi) is 7.67. The van der Waals surface area contributed by atoms with Crippen molar-refractivity contribution in [3.05, 3.63) is 88.5 Å². The van der Waals surface area contributed by atoms with Gasteiger partial charge in [0.1, 0.15) is 18.2 Å². The average molecular weight is 612 g/mol. The number of carbonyl (C=O) groups excluding carboxylic acids is 3. The molecule has 3 aromatic rings. The molecule has 0 bridgehead atoms. The molecular formula is C33H30F5N3O3. The summed E-state index contributed by atoms with van der Waals surface area (Å²) < 4.78 is 71.1. The quantitative estimate of drug-likeness (QED) is 0.225. The van der Waals surface area contributed by atoms with Gasteiger partial charge in [-0.15, -0.1) is 0 Å². The van der Waals surface area contributed by atoms with E-state index in [4.69, 9.17) is 0 Å². The van der Waals surface area contributed by atoms with Crippen LogP contribution < -0.4 is 4.90 Å². The number of piperidine rings is 1. The third kappa shape index (κ3) is 5.11. The summed E-state index contributed by atoms with van der Waals surface area (Å²) in [6.07, 6.45) is -3.13. The van der Waals surface area contributed by atoms with Gasteiger partial charge in [0.25, 0.3) is 11.8 Å². The minimum Gasteiger partial charge on any atom is -0.369 e. The predicted molar refractivity (Wildman–Crippen MR) is 153 cm³/mol. The monoisotopic (exact) mass is 611 g/mol. The number of hydrogen-bond donors (Lipinski definition) is 0. The highest BCUT2D eigenvalue weighted by molar-refractivity contribution is 6.21. The molecule has 1 unspecified atom stereocenters. The maximum absolute atomic E-state index is 15.8. The molecule has 0 saturated carbocycles. The highest BCUT2D eigenvalue weighted by Crippen LogP contribution is 2.51. The van der Waals surface area contributed by atoms with Crippen LogP contribution in [0.2, 0.25) is 0 Å². The Morgan fingerprint density at radius 1 is 0.909 bits per heavy atom. The molecule has 6 nitrogen and oxygen atoms in total. The van der Waals surface area contributed by atoms with Crippen molar-refractivity contribution in [2.24, 2.45) is 0 Å². The van der Waals surface area contributed by atoms with E-state index in [-0.39, 0.29) is 48.3 Å². The molecule has 1 aliphatic carbocycles. The molecule has 0 radical (unpaired) electrons. The van der Waals surface area contributed by atoms with Crippen LogP contribution in [0, 0.1) is 11.6 Å². The largest absolute Gasteiger partial charge is 0.406 e. The summed E-state index contributed by atoms with van der Waals surface area (Å²) in [4.78, 5) is 43.8. The number of rotatable bonds is 7. The number of fused-ring (bicyclic) bond motifs is 4. The van der Waals surface area contributed by atoms with Gasteiger partial charge in [0.15, 0.2) is 0 Å². The second-order valence-corrected chi connectivity index (χ2v) is 11.5. The zero-order chi connectivity index (χ0) is 31.3. The van der Waals surface area contributed by atoms with Gasteiger partial charge in [0.2, 0.25) is 5.91 Å². The molecule has 1 fully saturated rings.